The molecule has 0 saturated heterocycles. The first-order valence-electron chi connectivity index (χ1n) is 6.92. The van der Waals surface area contributed by atoms with Gasteiger partial charge in [0.2, 0.25) is 0 Å². The molecule has 4 aliphatic carbocycles. The summed E-state index contributed by atoms with van der Waals surface area (Å²) >= 11 is 0. The van der Waals surface area contributed by atoms with Crippen LogP contribution in [0.3, 0.4) is 0 Å². The Morgan fingerprint density at radius 1 is 1.18 bits per heavy atom. The highest BCUT2D eigenvalue weighted by atomic mass is 16.6. The molecule has 17 heavy (non-hydrogen) atoms. The molecule has 3 nitrogen and oxygen atoms in total. The molecule has 1 atom stereocenters. The normalized spacial score (nSPS) is 46.1. The number of hydrogen-bond acceptors (Lipinski definition) is 3. The Kier molecular flexibility index (Phi) is 2.69. The van der Waals surface area contributed by atoms with Crippen molar-refractivity contribution in [3.8, 4) is 0 Å². The molecule has 1 N–H and O–H groups in total. The Balaban J connectivity index is 1.92. The fourth-order valence-corrected chi connectivity index (χ4v) is 5.14. The summed E-state index contributed by atoms with van der Waals surface area (Å²) in [5.74, 6) is 2.63. The van der Waals surface area contributed by atoms with Crippen LogP contribution in [0.2, 0.25) is 0 Å². The minimum Gasteiger partial charge on any atom is -0.399 e. The molecule has 0 radical (unpaired) electrons. The Labute approximate surface area is 103 Å². The third kappa shape index (κ3) is 1.79. The quantitative estimate of drug-likeness (QED) is 0.605. The second-order valence-electron chi connectivity index (χ2n) is 6.53. The van der Waals surface area contributed by atoms with Crippen molar-refractivity contribution in [3.63, 3.8) is 0 Å². The van der Waals surface area contributed by atoms with E-state index in [1.54, 1.807) is 7.11 Å². The number of oxime groups is 1. The Hall–Kier alpha value is -0.570. The molecule has 0 unspecified atom stereocenters. The molecule has 0 aromatic carbocycles. The van der Waals surface area contributed by atoms with E-state index in [0.717, 1.165) is 23.5 Å². The van der Waals surface area contributed by atoms with Crippen LogP contribution >= 0.6 is 0 Å². The largest absolute Gasteiger partial charge is 0.399 e. The average molecular weight is 237 g/mol. The van der Waals surface area contributed by atoms with Crippen molar-refractivity contribution < 1.29 is 9.94 Å². The van der Waals surface area contributed by atoms with E-state index in [0.29, 0.717) is 0 Å². The highest BCUT2D eigenvalue weighted by Gasteiger charge is 2.54. The minimum atomic E-state index is -0.466. The number of aliphatic hydroxyl groups is 1. The van der Waals surface area contributed by atoms with Gasteiger partial charge in [-0.3, -0.25) is 0 Å². The summed E-state index contributed by atoms with van der Waals surface area (Å²) in [5.41, 5.74) is 1.08. The van der Waals surface area contributed by atoms with Crippen molar-refractivity contribution in [3.05, 3.63) is 0 Å². The van der Waals surface area contributed by atoms with E-state index >= 15 is 0 Å². The van der Waals surface area contributed by atoms with Gasteiger partial charge >= 0.3 is 0 Å². The van der Waals surface area contributed by atoms with Crippen molar-refractivity contribution in [2.24, 2.45) is 28.3 Å². The summed E-state index contributed by atoms with van der Waals surface area (Å²) < 4.78 is 0. The lowest BCUT2D eigenvalue weighted by Crippen LogP contribution is -2.52. The number of nitrogens with zero attached hydrogens (tertiary/aromatic N) is 1. The first kappa shape index (κ1) is 11.5. The van der Waals surface area contributed by atoms with Gasteiger partial charge in [0.05, 0.1) is 11.8 Å². The van der Waals surface area contributed by atoms with Crippen LogP contribution in [0, 0.1) is 23.2 Å². The fraction of sp³-hybridized carbons (Fsp3) is 0.929. The van der Waals surface area contributed by atoms with Gasteiger partial charge in [-0.25, -0.2) is 0 Å². The lowest BCUT2D eigenvalue weighted by molar-refractivity contribution is -0.0191. The van der Waals surface area contributed by atoms with Crippen LogP contribution in [0.5, 0.6) is 0 Å². The summed E-state index contributed by atoms with van der Waals surface area (Å²) in [5, 5.41) is 14.2. The molecule has 0 aromatic rings. The van der Waals surface area contributed by atoms with Crippen LogP contribution in [0.15, 0.2) is 5.16 Å². The molecule has 4 saturated carbocycles. The molecule has 3 heteroatoms. The van der Waals surface area contributed by atoms with E-state index < -0.39 is 6.10 Å². The van der Waals surface area contributed by atoms with Gasteiger partial charge in [-0.2, -0.15) is 0 Å². The van der Waals surface area contributed by atoms with E-state index in [4.69, 9.17) is 4.84 Å². The molecule has 0 heterocycles. The van der Waals surface area contributed by atoms with E-state index in [1.165, 1.54) is 38.5 Å². The molecule has 4 bridgehead atoms. The van der Waals surface area contributed by atoms with E-state index in [1.807, 2.05) is 6.92 Å². The number of aliphatic hydroxyl groups excluding tert-OH is 1. The van der Waals surface area contributed by atoms with E-state index in [2.05, 4.69) is 5.16 Å². The second kappa shape index (κ2) is 3.98. The first-order valence-corrected chi connectivity index (χ1v) is 6.92. The molecular formula is C14H23NO2. The summed E-state index contributed by atoms with van der Waals surface area (Å²) in [4.78, 5) is 4.98. The maximum atomic E-state index is 9.99. The molecular weight excluding hydrogens is 214 g/mol. The lowest BCUT2D eigenvalue weighted by Gasteiger charge is -2.57. The van der Waals surface area contributed by atoms with Crippen molar-refractivity contribution in [2.45, 2.75) is 51.6 Å². The lowest BCUT2D eigenvalue weighted by atomic mass is 9.48. The van der Waals surface area contributed by atoms with Gasteiger partial charge in [0.25, 0.3) is 0 Å². The summed E-state index contributed by atoms with van der Waals surface area (Å²) in [6.45, 7) is 1.83. The van der Waals surface area contributed by atoms with Crippen LogP contribution in [0.1, 0.15) is 45.4 Å². The zero-order valence-corrected chi connectivity index (χ0v) is 10.9. The standard InChI is InChI=1S/C14H23NO2/c1-9(16)13(15-17-2)14-6-10-3-11(7-14)5-12(4-10)8-14/h9-12,16H,3-8H2,1-2H3/b15-13-/t9-,10?,11?,12?,14?/m1/s1. The molecule has 0 aromatic heterocycles. The Bertz CT molecular complexity index is 300. The first-order chi connectivity index (χ1) is 8.13. The van der Waals surface area contributed by atoms with Gasteiger partial charge < -0.3 is 9.94 Å². The van der Waals surface area contributed by atoms with Crippen LogP contribution in [0.4, 0.5) is 0 Å². The molecule has 96 valence electrons. The van der Waals surface area contributed by atoms with Crippen LogP contribution in [-0.2, 0) is 4.84 Å². The van der Waals surface area contributed by atoms with Crippen LogP contribution in [-0.4, -0.2) is 24.0 Å². The second-order valence-corrected chi connectivity index (χ2v) is 6.53. The number of hydrogen-bond donors (Lipinski definition) is 1. The van der Waals surface area contributed by atoms with Crippen molar-refractivity contribution in [1.29, 1.82) is 0 Å². The van der Waals surface area contributed by atoms with Gasteiger partial charge in [0.15, 0.2) is 0 Å². The Morgan fingerprint density at radius 2 is 1.65 bits per heavy atom. The van der Waals surface area contributed by atoms with Crippen LogP contribution < -0.4 is 0 Å². The molecule has 4 rings (SSSR count). The molecule has 0 aliphatic heterocycles. The smallest absolute Gasteiger partial charge is 0.106 e. The highest BCUT2D eigenvalue weighted by molar-refractivity contribution is 5.93. The SMILES string of the molecule is CO/N=C(/[C@@H](C)O)C12CC3CC(CC(C3)C1)C2. The van der Waals surface area contributed by atoms with Gasteiger partial charge in [0.1, 0.15) is 7.11 Å². The van der Waals surface area contributed by atoms with Crippen molar-refractivity contribution in [2.75, 3.05) is 7.11 Å². The zero-order chi connectivity index (χ0) is 12.0. The van der Waals surface area contributed by atoms with Crippen LogP contribution in [0.25, 0.3) is 0 Å². The summed E-state index contributed by atoms with van der Waals surface area (Å²) in [7, 11) is 1.59. The van der Waals surface area contributed by atoms with Gasteiger partial charge in [-0.1, -0.05) is 5.16 Å². The highest BCUT2D eigenvalue weighted by Crippen LogP contribution is 2.60. The number of rotatable bonds is 3. The summed E-state index contributed by atoms with van der Waals surface area (Å²) in [6.07, 6.45) is 7.47. The third-order valence-corrected chi connectivity index (χ3v) is 5.17. The summed E-state index contributed by atoms with van der Waals surface area (Å²) in [6, 6.07) is 0. The van der Waals surface area contributed by atoms with Gasteiger partial charge in [0, 0.05) is 5.41 Å². The maximum Gasteiger partial charge on any atom is 0.106 e. The predicted molar refractivity (Wildman–Crippen MR) is 66.7 cm³/mol. The molecule has 0 amide bonds. The average Bonchev–Trinajstić information content (AvgIpc) is 2.23. The zero-order valence-electron chi connectivity index (χ0n) is 10.9. The van der Waals surface area contributed by atoms with E-state index in [9.17, 15) is 5.11 Å². The Morgan fingerprint density at radius 3 is 2.00 bits per heavy atom. The monoisotopic (exact) mass is 237 g/mol. The topological polar surface area (TPSA) is 41.8 Å². The van der Waals surface area contributed by atoms with Crippen molar-refractivity contribution >= 4 is 5.71 Å². The van der Waals surface area contributed by atoms with E-state index in [-0.39, 0.29) is 5.41 Å². The predicted octanol–water partition coefficient (Wildman–Crippen LogP) is 2.59. The molecule has 0 spiro atoms. The van der Waals surface area contributed by atoms with Gasteiger partial charge in [-0.15, -0.1) is 0 Å². The molecule has 4 aliphatic rings. The minimum absolute atomic E-state index is 0.166. The third-order valence-electron chi connectivity index (χ3n) is 5.17. The fourth-order valence-electron chi connectivity index (χ4n) is 5.14. The van der Waals surface area contributed by atoms with Gasteiger partial charge in [-0.05, 0) is 63.2 Å². The maximum absolute atomic E-state index is 9.99. The molecule has 4 fully saturated rings. The van der Waals surface area contributed by atoms with Crippen molar-refractivity contribution in [1.82, 2.24) is 0 Å².